The highest BCUT2D eigenvalue weighted by Gasteiger charge is 2.24. The summed E-state index contributed by atoms with van der Waals surface area (Å²) in [6.45, 7) is 2.16. The van der Waals surface area contributed by atoms with Crippen LogP contribution in [0.4, 0.5) is 11.4 Å². The van der Waals surface area contributed by atoms with Crippen molar-refractivity contribution in [2.45, 2.75) is 32.2 Å². The minimum Gasteiger partial charge on any atom is -0.382 e. The van der Waals surface area contributed by atoms with Gasteiger partial charge in [-0.25, -0.2) is 0 Å². The van der Waals surface area contributed by atoms with Gasteiger partial charge in [-0.15, -0.1) is 0 Å². The summed E-state index contributed by atoms with van der Waals surface area (Å²) in [6.07, 6.45) is 7.05. The summed E-state index contributed by atoms with van der Waals surface area (Å²) in [6, 6.07) is 5.55. The Balaban J connectivity index is 1.94. The summed E-state index contributed by atoms with van der Waals surface area (Å²) in [5.74, 6) is 0.850. The van der Waals surface area contributed by atoms with E-state index in [1.165, 1.54) is 12.8 Å². The average Bonchev–Trinajstić information content (AvgIpc) is 3.22. The first-order chi connectivity index (χ1) is 9.65. The van der Waals surface area contributed by atoms with Gasteiger partial charge in [0.2, 0.25) is 0 Å². The number of benzene rings is 1. The normalized spacial score (nSPS) is 16.1. The molecule has 1 aliphatic rings. The van der Waals surface area contributed by atoms with Crippen LogP contribution >= 0.6 is 0 Å². The highest BCUT2D eigenvalue weighted by molar-refractivity contribution is 5.99. The molecular formula is C15H17N3O2. The van der Waals surface area contributed by atoms with Gasteiger partial charge in [0, 0.05) is 35.6 Å². The lowest BCUT2D eigenvalue weighted by Gasteiger charge is -2.16. The minimum atomic E-state index is -0.360. The number of hydrogen-bond acceptors (Lipinski definition) is 4. The summed E-state index contributed by atoms with van der Waals surface area (Å²) in [7, 11) is 0. The third kappa shape index (κ3) is 2.57. The number of nitrogens with zero attached hydrogens (tertiary/aromatic N) is 2. The zero-order valence-corrected chi connectivity index (χ0v) is 11.4. The Morgan fingerprint density at radius 3 is 2.90 bits per heavy atom. The molecule has 1 aromatic carbocycles. The van der Waals surface area contributed by atoms with Gasteiger partial charge in [-0.3, -0.25) is 15.1 Å². The molecule has 1 N–H and O–H groups in total. The summed E-state index contributed by atoms with van der Waals surface area (Å²) >= 11 is 0. The van der Waals surface area contributed by atoms with Gasteiger partial charge in [-0.05, 0) is 31.4 Å². The highest BCUT2D eigenvalue weighted by atomic mass is 16.6. The molecule has 1 aliphatic carbocycles. The van der Waals surface area contributed by atoms with E-state index in [4.69, 9.17) is 0 Å². The fourth-order valence-corrected chi connectivity index (χ4v) is 2.64. The second-order valence-electron chi connectivity index (χ2n) is 5.54. The first kappa shape index (κ1) is 12.8. The van der Waals surface area contributed by atoms with Crippen LogP contribution in [0.15, 0.2) is 30.6 Å². The lowest BCUT2D eigenvalue weighted by molar-refractivity contribution is -0.383. The number of rotatable bonds is 5. The Labute approximate surface area is 117 Å². The molecule has 5 nitrogen and oxygen atoms in total. The van der Waals surface area contributed by atoms with Crippen molar-refractivity contribution >= 4 is 22.1 Å². The maximum Gasteiger partial charge on any atom is 0.278 e. The largest absolute Gasteiger partial charge is 0.382 e. The van der Waals surface area contributed by atoms with E-state index in [9.17, 15) is 10.1 Å². The molecule has 0 radical (unpaired) electrons. The number of nitro groups is 1. The molecule has 1 unspecified atom stereocenters. The molecule has 0 amide bonds. The summed E-state index contributed by atoms with van der Waals surface area (Å²) in [5.41, 5.74) is 1.05. The third-order valence-electron chi connectivity index (χ3n) is 3.78. The number of non-ortho nitro benzene ring substituents is 1. The van der Waals surface area contributed by atoms with Gasteiger partial charge in [-0.1, -0.05) is 12.8 Å². The topological polar surface area (TPSA) is 68.1 Å². The molecule has 1 aromatic heterocycles. The predicted octanol–water partition coefficient (Wildman–Crippen LogP) is 3.74. The van der Waals surface area contributed by atoms with Crippen molar-refractivity contribution in [2.75, 3.05) is 5.32 Å². The number of anilines is 1. The Bertz CT molecular complexity index is 653. The molecule has 0 saturated heterocycles. The van der Waals surface area contributed by atoms with Gasteiger partial charge >= 0.3 is 0 Å². The molecule has 3 rings (SSSR count). The van der Waals surface area contributed by atoms with Crippen LogP contribution in [0.2, 0.25) is 0 Å². The summed E-state index contributed by atoms with van der Waals surface area (Å²) < 4.78 is 0. The van der Waals surface area contributed by atoms with Crippen molar-refractivity contribution in [3.63, 3.8) is 0 Å². The molecule has 1 heterocycles. The lowest BCUT2D eigenvalue weighted by Crippen LogP contribution is -2.16. The van der Waals surface area contributed by atoms with Crippen LogP contribution in [-0.4, -0.2) is 15.9 Å². The van der Waals surface area contributed by atoms with Gasteiger partial charge in [0.1, 0.15) is 0 Å². The van der Waals surface area contributed by atoms with Crippen molar-refractivity contribution in [1.82, 2.24) is 4.98 Å². The Morgan fingerprint density at radius 2 is 2.20 bits per heavy atom. The molecule has 0 aliphatic heterocycles. The van der Waals surface area contributed by atoms with Gasteiger partial charge in [0.15, 0.2) is 0 Å². The van der Waals surface area contributed by atoms with Crippen LogP contribution in [0.1, 0.15) is 26.2 Å². The summed E-state index contributed by atoms with van der Waals surface area (Å²) in [5, 5.41) is 16.0. The second kappa shape index (κ2) is 5.07. The van der Waals surface area contributed by atoms with Crippen LogP contribution < -0.4 is 5.32 Å². The van der Waals surface area contributed by atoms with Gasteiger partial charge in [0.25, 0.3) is 5.69 Å². The molecule has 104 valence electrons. The maximum absolute atomic E-state index is 11.1. The first-order valence-electron chi connectivity index (χ1n) is 6.93. The van der Waals surface area contributed by atoms with E-state index in [1.807, 2.05) is 6.07 Å². The Morgan fingerprint density at radius 1 is 1.40 bits per heavy atom. The minimum absolute atomic E-state index is 0.105. The molecule has 0 spiro atoms. The third-order valence-corrected chi connectivity index (χ3v) is 3.78. The molecule has 0 bridgehead atoms. The van der Waals surface area contributed by atoms with Crippen molar-refractivity contribution in [2.24, 2.45) is 5.92 Å². The zero-order valence-electron chi connectivity index (χ0n) is 11.4. The van der Waals surface area contributed by atoms with Crippen LogP contribution in [0.25, 0.3) is 10.8 Å². The fraction of sp³-hybridized carbons (Fsp3) is 0.400. The van der Waals surface area contributed by atoms with Gasteiger partial charge in [-0.2, -0.15) is 0 Å². The molecule has 1 fully saturated rings. The lowest BCUT2D eigenvalue weighted by atomic mass is 10.1. The fourth-order valence-electron chi connectivity index (χ4n) is 2.64. The van der Waals surface area contributed by atoms with Crippen molar-refractivity contribution in [3.8, 4) is 0 Å². The Hall–Kier alpha value is -2.17. The molecule has 1 atom stereocenters. The summed E-state index contributed by atoms with van der Waals surface area (Å²) in [4.78, 5) is 14.7. The van der Waals surface area contributed by atoms with Crippen LogP contribution in [0.5, 0.6) is 0 Å². The van der Waals surface area contributed by atoms with E-state index in [1.54, 1.807) is 24.5 Å². The van der Waals surface area contributed by atoms with E-state index in [0.29, 0.717) is 11.4 Å². The van der Waals surface area contributed by atoms with Crippen molar-refractivity contribution in [3.05, 3.63) is 40.7 Å². The maximum atomic E-state index is 11.1. The van der Waals surface area contributed by atoms with Crippen molar-refractivity contribution in [1.29, 1.82) is 0 Å². The quantitative estimate of drug-likeness (QED) is 0.664. The van der Waals surface area contributed by atoms with Crippen LogP contribution in [0.3, 0.4) is 0 Å². The van der Waals surface area contributed by atoms with Crippen LogP contribution in [0, 0.1) is 16.0 Å². The number of aromatic nitrogens is 1. The smallest absolute Gasteiger partial charge is 0.278 e. The first-order valence-corrected chi connectivity index (χ1v) is 6.93. The molecule has 5 heteroatoms. The molecule has 20 heavy (non-hydrogen) atoms. The Kier molecular flexibility index (Phi) is 3.26. The number of nitrogens with one attached hydrogen (secondary N) is 1. The SMILES string of the molecule is CC(CC1CC1)Nc1ccc([N+](=O)[O-])c2cnccc12. The monoisotopic (exact) mass is 271 g/mol. The van der Waals surface area contributed by atoms with E-state index in [-0.39, 0.29) is 10.6 Å². The van der Waals surface area contributed by atoms with E-state index in [2.05, 4.69) is 17.2 Å². The standard InChI is InChI=1S/C15H17N3O2/c1-10(8-11-2-3-11)17-14-4-5-15(18(19)20)13-9-16-7-6-12(13)14/h4-7,9-11,17H,2-3,8H2,1H3. The number of fused-ring (bicyclic) bond motifs is 1. The van der Waals surface area contributed by atoms with E-state index < -0.39 is 0 Å². The predicted molar refractivity (Wildman–Crippen MR) is 78.8 cm³/mol. The number of hydrogen-bond donors (Lipinski definition) is 1. The highest BCUT2D eigenvalue weighted by Crippen LogP contribution is 2.35. The zero-order chi connectivity index (χ0) is 14.1. The van der Waals surface area contributed by atoms with Crippen molar-refractivity contribution < 1.29 is 4.92 Å². The molecule has 1 saturated carbocycles. The van der Waals surface area contributed by atoms with E-state index in [0.717, 1.165) is 23.4 Å². The van der Waals surface area contributed by atoms with Gasteiger partial charge in [0.05, 0.1) is 10.3 Å². The van der Waals surface area contributed by atoms with Crippen LogP contribution in [-0.2, 0) is 0 Å². The molecular weight excluding hydrogens is 254 g/mol. The average molecular weight is 271 g/mol. The number of pyridine rings is 1. The van der Waals surface area contributed by atoms with E-state index >= 15 is 0 Å². The number of nitro benzene ring substituents is 1. The molecule has 2 aromatic rings. The second-order valence-corrected chi connectivity index (χ2v) is 5.54. The van der Waals surface area contributed by atoms with Gasteiger partial charge < -0.3 is 5.32 Å².